The molecule has 1 unspecified atom stereocenters. The fourth-order valence-electron chi connectivity index (χ4n) is 3.04. The second-order valence-electron chi connectivity index (χ2n) is 7.46. The van der Waals surface area contributed by atoms with Crippen LogP contribution in [0.4, 0.5) is 0 Å². The van der Waals surface area contributed by atoms with E-state index in [9.17, 15) is 4.79 Å². The zero-order valence-electron chi connectivity index (χ0n) is 20.0. The van der Waals surface area contributed by atoms with Gasteiger partial charge in [-0.05, 0) is 5.56 Å². The van der Waals surface area contributed by atoms with E-state index in [0.29, 0.717) is 11.5 Å². The molecule has 0 saturated heterocycles. The van der Waals surface area contributed by atoms with Crippen LogP contribution in [0.5, 0.6) is 0 Å². The summed E-state index contributed by atoms with van der Waals surface area (Å²) in [7, 11) is 0.271. The van der Waals surface area contributed by atoms with Crippen molar-refractivity contribution in [2.75, 3.05) is 0 Å². The van der Waals surface area contributed by atoms with Crippen LogP contribution < -0.4 is 35.2 Å². The molecule has 3 aromatic carbocycles. The predicted molar refractivity (Wildman–Crippen MR) is 134 cm³/mol. The second kappa shape index (κ2) is 18.6. The first-order valence-electron chi connectivity index (χ1n) is 10.4. The summed E-state index contributed by atoms with van der Waals surface area (Å²) in [5.41, 5.74) is 11.4. The minimum atomic E-state index is -0.629. The number of allylic oxidation sites excluding steroid dienone is 4. The van der Waals surface area contributed by atoms with E-state index in [1.165, 1.54) is 27.1 Å². The largest absolute Gasteiger partial charge is 4.00 e. The number of hydrogen-bond acceptors (Lipinski definition) is 1. The maximum Gasteiger partial charge on any atom is 4.00 e. The molecule has 3 aromatic rings. The van der Waals surface area contributed by atoms with E-state index in [-0.39, 0.29) is 60.2 Å². The summed E-state index contributed by atoms with van der Waals surface area (Å²) in [6, 6.07) is 29.9. The third-order valence-corrected chi connectivity index (χ3v) is 6.64. The quantitative estimate of drug-likeness (QED) is 0.278. The number of carbonyl (C=O) groups is 1. The van der Waals surface area contributed by atoms with Gasteiger partial charge in [-0.1, -0.05) is 128 Å². The van der Waals surface area contributed by atoms with E-state index in [4.69, 9.17) is 5.73 Å². The van der Waals surface area contributed by atoms with Crippen LogP contribution in [0.15, 0.2) is 108 Å². The Balaban J connectivity index is 0. The molecule has 0 saturated carbocycles. The third-order valence-electron chi connectivity index (χ3n) is 5.20. The molecule has 1 N–H and O–H groups in total. The Morgan fingerprint density at radius 1 is 0.765 bits per heavy atom. The monoisotopic (exact) mass is 674 g/mol. The second-order valence-corrected chi connectivity index (χ2v) is 9.08. The molecule has 0 bridgehead atoms. The Hall–Kier alpha value is -1.72. The summed E-state index contributed by atoms with van der Waals surface area (Å²) in [4.78, 5) is 10.3. The Morgan fingerprint density at radius 2 is 1.15 bits per heavy atom. The summed E-state index contributed by atoms with van der Waals surface area (Å²) in [5, 5.41) is 2.90. The van der Waals surface area contributed by atoms with E-state index in [1.807, 2.05) is 6.07 Å². The van der Waals surface area contributed by atoms with Crippen molar-refractivity contribution in [2.24, 2.45) is 5.92 Å². The Bertz CT molecular complexity index is 989. The van der Waals surface area contributed by atoms with Crippen molar-refractivity contribution in [3.8, 4) is 0 Å². The summed E-state index contributed by atoms with van der Waals surface area (Å²) in [6.45, 7) is 8.67. The van der Waals surface area contributed by atoms with Crippen molar-refractivity contribution in [2.45, 2.75) is 27.7 Å². The van der Waals surface area contributed by atoms with Gasteiger partial charge in [-0.2, -0.15) is 11.1 Å². The number of nitrogens with one attached hydrogen (secondary N) is 1. The molecule has 4 rings (SSSR count). The molecular formula is C28H30Cl2HfNOSi. The zero-order chi connectivity index (χ0) is 22.6. The molecule has 0 aromatic heterocycles. The molecule has 0 heterocycles. The van der Waals surface area contributed by atoms with Gasteiger partial charge < -0.3 is 35.3 Å². The van der Waals surface area contributed by atoms with Crippen LogP contribution in [-0.4, -0.2) is 15.4 Å². The first-order chi connectivity index (χ1) is 14.9. The molecule has 0 spiro atoms. The number of halogens is 2. The van der Waals surface area contributed by atoms with E-state index in [2.05, 4.69) is 94.4 Å². The number of amides is 1. The molecule has 1 aliphatic carbocycles. The van der Waals surface area contributed by atoms with Crippen LogP contribution in [-0.2, 0) is 25.8 Å². The van der Waals surface area contributed by atoms with Crippen LogP contribution in [0.3, 0.4) is 0 Å². The van der Waals surface area contributed by atoms with Crippen molar-refractivity contribution in [3.63, 3.8) is 0 Å². The average molecular weight is 674 g/mol. The molecule has 1 radical (unpaired) electrons. The molecule has 175 valence electrons. The number of rotatable bonds is 3. The predicted octanol–water partition coefficient (Wildman–Crippen LogP) is -0.320. The molecule has 1 atom stereocenters. The zero-order valence-corrected chi connectivity index (χ0v) is 26.2. The van der Waals surface area contributed by atoms with Gasteiger partial charge in [-0.15, -0.1) is 6.92 Å². The van der Waals surface area contributed by atoms with E-state index < -0.39 is 5.91 Å². The Morgan fingerprint density at radius 3 is 1.38 bits per heavy atom. The molecule has 1 amide bonds. The number of carbonyl (C=O) groups excluding carboxylic acids is 1. The summed E-state index contributed by atoms with van der Waals surface area (Å²) >= 11 is 0. The van der Waals surface area contributed by atoms with Gasteiger partial charge >= 0.3 is 25.8 Å². The Kier molecular flexibility index (Phi) is 18.8. The van der Waals surface area contributed by atoms with Crippen molar-refractivity contribution >= 4 is 25.8 Å². The van der Waals surface area contributed by atoms with E-state index >= 15 is 0 Å². The number of benzene rings is 3. The number of hydrogen-bond donors (Lipinski definition) is 0. The fourth-order valence-corrected chi connectivity index (χ4v) is 4.26. The SMILES string of the molecule is CC1=[C-]C(C)C(C)=C1C.[Cl-].[Cl-].[Hf+4].[NH-]C(=O)c1ccccc1.c1ccc([SiH]c2ccccc2)cc1. The van der Waals surface area contributed by atoms with Gasteiger partial charge in [0.2, 0.25) is 0 Å². The van der Waals surface area contributed by atoms with Gasteiger partial charge in [0.25, 0.3) is 0 Å². The van der Waals surface area contributed by atoms with Gasteiger partial charge in [0, 0.05) is 0 Å². The van der Waals surface area contributed by atoms with Gasteiger partial charge in [-0.3, -0.25) is 6.08 Å². The van der Waals surface area contributed by atoms with E-state index in [0.717, 1.165) is 0 Å². The molecule has 34 heavy (non-hydrogen) atoms. The average Bonchev–Trinajstić information content (AvgIpc) is 3.02. The van der Waals surface area contributed by atoms with Gasteiger partial charge in [-0.25, -0.2) is 5.57 Å². The van der Waals surface area contributed by atoms with Crippen LogP contribution >= 0.6 is 0 Å². The van der Waals surface area contributed by atoms with Gasteiger partial charge in [0.05, 0.1) is 5.91 Å². The molecule has 0 fully saturated rings. The maximum absolute atomic E-state index is 10.3. The van der Waals surface area contributed by atoms with Crippen molar-refractivity contribution in [1.29, 1.82) is 0 Å². The van der Waals surface area contributed by atoms with Gasteiger partial charge in [0.1, 0.15) is 9.52 Å². The molecule has 0 aliphatic heterocycles. The summed E-state index contributed by atoms with van der Waals surface area (Å²) < 4.78 is 0. The van der Waals surface area contributed by atoms with Crippen molar-refractivity contribution < 1.29 is 55.5 Å². The fraction of sp³-hybridized carbons (Fsp3) is 0.179. The van der Waals surface area contributed by atoms with Crippen LogP contribution in [0.2, 0.25) is 0 Å². The first kappa shape index (κ1) is 34.4. The summed E-state index contributed by atoms with van der Waals surface area (Å²) in [5.74, 6) is -0.0689. The molecular weight excluding hydrogens is 644 g/mol. The molecule has 2 nitrogen and oxygen atoms in total. The third kappa shape index (κ3) is 12.1. The molecule has 6 heteroatoms. The maximum atomic E-state index is 10.3. The Labute approximate surface area is 238 Å². The van der Waals surface area contributed by atoms with Crippen LogP contribution in [0.25, 0.3) is 5.73 Å². The minimum Gasteiger partial charge on any atom is -1.00 e. The summed E-state index contributed by atoms with van der Waals surface area (Å²) in [6.07, 6.45) is 3.36. The standard InChI is InChI=1S/C12H11Si.C9H13.C7H7NO.2ClH.Hf/c1-3-7-11(8-4-1)13-12-9-5-2-6-10-12;1-6-5-7(2)9(4)8(6)3;8-7(9)6-4-2-1-3-5-6;;;/h1-10,13H;6H,1-4H3;1-5H,(H2,8,9);2*1H;/q;-1;;;;+4/p-3. The van der Waals surface area contributed by atoms with Gasteiger partial charge in [0.15, 0.2) is 0 Å². The van der Waals surface area contributed by atoms with Crippen molar-refractivity contribution in [1.82, 2.24) is 0 Å². The molecule has 1 aliphatic rings. The topological polar surface area (TPSA) is 40.9 Å². The smallest absolute Gasteiger partial charge is 1.00 e. The minimum absolute atomic E-state index is 0. The normalized spacial score (nSPS) is 13.3. The van der Waals surface area contributed by atoms with Crippen molar-refractivity contribution in [3.05, 3.63) is 125 Å². The first-order valence-corrected chi connectivity index (χ1v) is 11.6. The van der Waals surface area contributed by atoms with Crippen LogP contribution in [0.1, 0.15) is 38.1 Å². The van der Waals surface area contributed by atoms with E-state index in [1.54, 1.807) is 24.3 Å². The van der Waals surface area contributed by atoms with Crippen LogP contribution in [0, 0.1) is 12.0 Å².